The lowest BCUT2D eigenvalue weighted by atomic mass is 10.2. The fourth-order valence-electron chi connectivity index (χ4n) is 2.35. The van der Waals surface area contributed by atoms with Crippen LogP contribution in [0.15, 0.2) is 52.3 Å². The van der Waals surface area contributed by atoms with E-state index in [0.717, 1.165) is 5.56 Å². The predicted molar refractivity (Wildman–Crippen MR) is 102 cm³/mol. The molecular weight excluding hydrogens is 413 g/mol. The fraction of sp³-hybridized carbons (Fsp3) is 0.278. The standard InChI is InChI=1S/C18H19F3N2O3S2/c1-12-3-4-13(2)16(11-12)28(25,26)23-10-9-22-17(24)14-5-7-15(8-6-14)27-18(19,20)21/h3-8,11,23H,9-10H2,1-2H3,(H,22,24). The van der Waals surface area contributed by atoms with Crippen molar-refractivity contribution in [2.45, 2.75) is 29.1 Å². The number of amides is 1. The average Bonchev–Trinajstić information content (AvgIpc) is 2.60. The summed E-state index contributed by atoms with van der Waals surface area (Å²) in [4.78, 5) is 12.2. The number of aryl methyl sites for hydroxylation is 2. The summed E-state index contributed by atoms with van der Waals surface area (Å²) >= 11 is -0.263. The van der Waals surface area contributed by atoms with E-state index in [-0.39, 0.29) is 40.2 Å². The van der Waals surface area contributed by atoms with Crippen molar-refractivity contribution in [2.24, 2.45) is 0 Å². The van der Waals surface area contributed by atoms with Crippen LogP contribution < -0.4 is 10.0 Å². The molecule has 0 radical (unpaired) electrons. The number of halogens is 3. The number of nitrogens with one attached hydrogen (secondary N) is 2. The Bertz CT molecular complexity index is 944. The lowest BCUT2D eigenvalue weighted by Crippen LogP contribution is -2.35. The molecule has 0 aliphatic heterocycles. The molecule has 0 saturated carbocycles. The second-order valence-corrected chi connectivity index (χ2v) is 8.87. The second-order valence-electron chi connectivity index (χ2n) is 5.99. The van der Waals surface area contributed by atoms with Crippen molar-refractivity contribution < 1.29 is 26.4 Å². The predicted octanol–water partition coefficient (Wildman–Crippen LogP) is 3.62. The van der Waals surface area contributed by atoms with Gasteiger partial charge >= 0.3 is 5.51 Å². The summed E-state index contributed by atoms with van der Waals surface area (Å²) in [5, 5.41) is 2.52. The molecule has 0 aliphatic rings. The molecule has 0 bridgehead atoms. The number of hydrogen-bond donors (Lipinski definition) is 2. The third kappa shape index (κ3) is 6.54. The third-order valence-electron chi connectivity index (χ3n) is 3.69. The van der Waals surface area contributed by atoms with Crippen LogP contribution >= 0.6 is 11.8 Å². The van der Waals surface area contributed by atoms with Crippen molar-refractivity contribution in [3.8, 4) is 0 Å². The van der Waals surface area contributed by atoms with Crippen LogP contribution in [0.1, 0.15) is 21.5 Å². The molecule has 2 aromatic rings. The maximum atomic E-state index is 12.4. The van der Waals surface area contributed by atoms with Gasteiger partial charge in [0, 0.05) is 23.5 Å². The Morgan fingerprint density at radius 2 is 1.68 bits per heavy atom. The van der Waals surface area contributed by atoms with Crippen molar-refractivity contribution in [2.75, 3.05) is 13.1 Å². The van der Waals surface area contributed by atoms with E-state index in [0.29, 0.717) is 5.56 Å². The van der Waals surface area contributed by atoms with Crippen molar-refractivity contribution in [3.63, 3.8) is 0 Å². The molecular formula is C18H19F3N2O3S2. The number of rotatable bonds is 7. The topological polar surface area (TPSA) is 75.3 Å². The minimum Gasteiger partial charge on any atom is -0.351 e. The molecule has 0 atom stereocenters. The maximum absolute atomic E-state index is 12.4. The lowest BCUT2D eigenvalue weighted by molar-refractivity contribution is -0.0328. The molecule has 0 aromatic heterocycles. The number of carbonyl (C=O) groups excluding carboxylic acids is 1. The zero-order valence-electron chi connectivity index (χ0n) is 15.1. The first-order valence-electron chi connectivity index (χ1n) is 8.19. The number of hydrogen-bond acceptors (Lipinski definition) is 4. The van der Waals surface area contributed by atoms with E-state index < -0.39 is 21.4 Å². The lowest BCUT2D eigenvalue weighted by Gasteiger charge is -2.11. The minimum absolute atomic E-state index is 0.0228. The monoisotopic (exact) mass is 432 g/mol. The van der Waals surface area contributed by atoms with Gasteiger partial charge in [0.1, 0.15) is 0 Å². The zero-order valence-corrected chi connectivity index (χ0v) is 16.8. The van der Waals surface area contributed by atoms with Crippen LogP contribution in [0.3, 0.4) is 0 Å². The van der Waals surface area contributed by atoms with Crippen molar-refractivity contribution in [1.82, 2.24) is 10.0 Å². The van der Waals surface area contributed by atoms with Gasteiger partial charge in [0.2, 0.25) is 10.0 Å². The quantitative estimate of drug-likeness (QED) is 0.518. The maximum Gasteiger partial charge on any atom is 0.446 e. The minimum atomic E-state index is -4.39. The Labute approximate surface area is 165 Å². The molecule has 2 N–H and O–H groups in total. The van der Waals surface area contributed by atoms with Crippen molar-refractivity contribution >= 4 is 27.7 Å². The smallest absolute Gasteiger partial charge is 0.351 e. The molecule has 0 saturated heterocycles. The highest BCUT2D eigenvalue weighted by Crippen LogP contribution is 2.36. The Balaban J connectivity index is 1.87. The normalized spacial score (nSPS) is 12.0. The number of benzene rings is 2. The highest BCUT2D eigenvalue weighted by molar-refractivity contribution is 8.00. The summed E-state index contributed by atoms with van der Waals surface area (Å²) in [6, 6.07) is 10.1. The zero-order chi connectivity index (χ0) is 20.9. The van der Waals surface area contributed by atoms with Gasteiger partial charge in [-0.3, -0.25) is 4.79 Å². The van der Waals surface area contributed by atoms with Gasteiger partial charge in [-0.05, 0) is 67.1 Å². The van der Waals surface area contributed by atoms with E-state index in [1.165, 1.54) is 24.3 Å². The molecule has 2 rings (SSSR count). The van der Waals surface area contributed by atoms with E-state index >= 15 is 0 Å². The van der Waals surface area contributed by atoms with Crippen LogP contribution in [-0.2, 0) is 10.0 Å². The van der Waals surface area contributed by atoms with Crippen LogP contribution in [-0.4, -0.2) is 32.9 Å². The van der Waals surface area contributed by atoms with Gasteiger partial charge in [-0.15, -0.1) is 0 Å². The Morgan fingerprint density at radius 1 is 1.04 bits per heavy atom. The number of thioether (sulfide) groups is 1. The fourth-order valence-corrected chi connectivity index (χ4v) is 4.24. The Morgan fingerprint density at radius 3 is 2.29 bits per heavy atom. The summed E-state index contributed by atoms with van der Waals surface area (Å²) in [5.41, 5.74) is -2.79. The number of sulfonamides is 1. The van der Waals surface area contributed by atoms with E-state index in [1.807, 2.05) is 6.07 Å². The molecule has 2 aromatic carbocycles. The van der Waals surface area contributed by atoms with Crippen molar-refractivity contribution in [3.05, 3.63) is 59.2 Å². The highest BCUT2D eigenvalue weighted by atomic mass is 32.2. The van der Waals surface area contributed by atoms with Crippen LogP contribution in [0.4, 0.5) is 13.2 Å². The Kier molecular flexibility index (Phi) is 7.13. The van der Waals surface area contributed by atoms with Gasteiger partial charge in [0.05, 0.1) is 4.90 Å². The van der Waals surface area contributed by atoms with Gasteiger partial charge in [-0.25, -0.2) is 13.1 Å². The molecule has 0 aliphatic carbocycles. The molecule has 28 heavy (non-hydrogen) atoms. The highest BCUT2D eigenvalue weighted by Gasteiger charge is 2.29. The third-order valence-corrected chi connectivity index (χ3v) is 6.03. The van der Waals surface area contributed by atoms with E-state index in [2.05, 4.69) is 10.0 Å². The Hall–Kier alpha value is -2.04. The first kappa shape index (κ1) is 22.3. The second kappa shape index (κ2) is 8.97. The summed E-state index contributed by atoms with van der Waals surface area (Å²) in [7, 11) is -3.71. The summed E-state index contributed by atoms with van der Waals surface area (Å²) in [6.45, 7) is 3.49. The number of carbonyl (C=O) groups is 1. The number of alkyl halides is 3. The summed E-state index contributed by atoms with van der Waals surface area (Å²) in [6.07, 6.45) is 0. The van der Waals surface area contributed by atoms with Crippen LogP contribution in [0.2, 0.25) is 0 Å². The van der Waals surface area contributed by atoms with Crippen LogP contribution in [0, 0.1) is 13.8 Å². The van der Waals surface area contributed by atoms with Gasteiger partial charge in [0.15, 0.2) is 0 Å². The van der Waals surface area contributed by atoms with Gasteiger partial charge in [-0.1, -0.05) is 12.1 Å². The molecule has 1 amide bonds. The molecule has 10 heteroatoms. The first-order chi connectivity index (χ1) is 13.0. The molecule has 0 heterocycles. The van der Waals surface area contributed by atoms with Gasteiger partial charge < -0.3 is 5.32 Å². The van der Waals surface area contributed by atoms with Gasteiger partial charge in [0.25, 0.3) is 5.91 Å². The van der Waals surface area contributed by atoms with Crippen LogP contribution in [0.25, 0.3) is 0 Å². The SMILES string of the molecule is Cc1ccc(C)c(S(=O)(=O)NCCNC(=O)c2ccc(SC(F)(F)F)cc2)c1. The summed E-state index contributed by atoms with van der Waals surface area (Å²) in [5.74, 6) is -0.505. The average molecular weight is 432 g/mol. The molecule has 152 valence electrons. The largest absolute Gasteiger partial charge is 0.446 e. The van der Waals surface area contributed by atoms with E-state index in [4.69, 9.17) is 0 Å². The van der Waals surface area contributed by atoms with Crippen molar-refractivity contribution in [1.29, 1.82) is 0 Å². The molecule has 0 spiro atoms. The molecule has 0 fully saturated rings. The molecule has 0 unspecified atom stereocenters. The summed E-state index contributed by atoms with van der Waals surface area (Å²) < 4.78 is 64.0. The molecule has 5 nitrogen and oxygen atoms in total. The van der Waals surface area contributed by atoms with Crippen LogP contribution in [0.5, 0.6) is 0 Å². The van der Waals surface area contributed by atoms with E-state index in [9.17, 15) is 26.4 Å². The van der Waals surface area contributed by atoms with Gasteiger partial charge in [-0.2, -0.15) is 13.2 Å². The van der Waals surface area contributed by atoms with E-state index in [1.54, 1.807) is 26.0 Å². The first-order valence-corrected chi connectivity index (χ1v) is 10.5.